The Kier molecular flexibility index (Phi) is 6.45. The van der Waals surface area contributed by atoms with E-state index in [9.17, 15) is 19.5 Å². The molecule has 4 rings (SSSR count). The smallest absolute Gasteiger partial charge is 0.308 e. The lowest BCUT2D eigenvalue weighted by Gasteiger charge is -2.28. The van der Waals surface area contributed by atoms with Crippen LogP contribution in [-0.2, 0) is 9.59 Å². The van der Waals surface area contributed by atoms with Crippen molar-refractivity contribution >= 4 is 40.2 Å². The molecule has 0 saturated heterocycles. The van der Waals surface area contributed by atoms with Crippen molar-refractivity contribution in [3.05, 3.63) is 76.2 Å². The molecule has 176 valence electrons. The summed E-state index contributed by atoms with van der Waals surface area (Å²) in [5.74, 6) is -2.17. The maximum Gasteiger partial charge on any atom is 0.308 e. The Balaban J connectivity index is 1.79. The molecular formula is C25H23ClN2O6. The third kappa shape index (κ3) is 4.55. The molecule has 1 amide bonds. The summed E-state index contributed by atoms with van der Waals surface area (Å²) in [4.78, 5) is 41.4. The molecule has 1 unspecified atom stereocenters. The number of fused-ring (bicyclic) bond motifs is 1. The number of Topliss-reactive ketones (excluding diaryl/α,β-unsaturated/α-hetero) is 1. The number of hydrogen-bond acceptors (Lipinski definition) is 7. The minimum Gasteiger partial charge on any atom is -0.503 e. The molecule has 1 atom stereocenters. The SMILES string of the molecule is CC(=O)Oc1cccc(C2C(C(=O)c3cc4cc(Cl)ccc4o3)=C(O)C(=O)N2CCN(C)C)c1. The molecule has 0 bridgehead atoms. The van der Waals surface area contributed by atoms with Gasteiger partial charge in [-0.2, -0.15) is 0 Å². The van der Waals surface area contributed by atoms with E-state index in [1.807, 2.05) is 19.0 Å². The van der Waals surface area contributed by atoms with E-state index in [1.54, 1.807) is 42.5 Å². The first kappa shape index (κ1) is 23.5. The van der Waals surface area contributed by atoms with Gasteiger partial charge in [0.25, 0.3) is 5.91 Å². The van der Waals surface area contributed by atoms with E-state index in [2.05, 4.69) is 0 Å². The molecular weight excluding hydrogens is 460 g/mol. The largest absolute Gasteiger partial charge is 0.503 e. The van der Waals surface area contributed by atoms with Crippen molar-refractivity contribution in [2.45, 2.75) is 13.0 Å². The van der Waals surface area contributed by atoms with Crippen LogP contribution >= 0.6 is 11.6 Å². The van der Waals surface area contributed by atoms with E-state index in [-0.39, 0.29) is 23.6 Å². The van der Waals surface area contributed by atoms with Crippen LogP contribution in [0.1, 0.15) is 29.1 Å². The molecule has 9 heteroatoms. The number of carbonyl (C=O) groups excluding carboxylic acids is 3. The fourth-order valence-corrected chi connectivity index (χ4v) is 4.12. The molecule has 1 N–H and O–H groups in total. The molecule has 0 fully saturated rings. The van der Waals surface area contributed by atoms with Crippen molar-refractivity contribution in [2.75, 3.05) is 27.2 Å². The first-order valence-electron chi connectivity index (χ1n) is 10.6. The summed E-state index contributed by atoms with van der Waals surface area (Å²) >= 11 is 6.04. The van der Waals surface area contributed by atoms with Crippen molar-refractivity contribution in [1.29, 1.82) is 0 Å². The summed E-state index contributed by atoms with van der Waals surface area (Å²) in [5, 5.41) is 11.9. The third-order valence-corrected chi connectivity index (χ3v) is 5.71. The summed E-state index contributed by atoms with van der Waals surface area (Å²) in [6.07, 6.45) is 0. The quantitative estimate of drug-likeness (QED) is 0.306. The Morgan fingerprint density at radius 1 is 1.18 bits per heavy atom. The highest BCUT2D eigenvalue weighted by Gasteiger charge is 2.44. The van der Waals surface area contributed by atoms with Gasteiger partial charge in [0.1, 0.15) is 11.3 Å². The Labute approximate surface area is 200 Å². The molecule has 0 saturated carbocycles. The van der Waals surface area contributed by atoms with Gasteiger partial charge in [-0.1, -0.05) is 23.7 Å². The number of benzene rings is 2. The second-order valence-electron chi connectivity index (χ2n) is 8.25. The highest BCUT2D eigenvalue weighted by atomic mass is 35.5. The standard InChI is InChI=1S/C25H23ClN2O6/c1-14(29)33-18-6-4-5-15(12-18)22-21(24(31)25(32)28(22)10-9-27(2)3)23(30)20-13-16-11-17(26)7-8-19(16)34-20/h4-8,11-13,22,31H,9-10H2,1-3H3. The van der Waals surface area contributed by atoms with Crippen LogP contribution in [0.5, 0.6) is 5.75 Å². The van der Waals surface area contributed by atoms with Gasteiger partial charge < -0.3 is 24.1 Å². The van der Waals surface area contributed by atoms with Crippen LogP contribution in [0.3, 0.4) is 0 Å². The minimum atomic E-state index is -0.896. The van der Waals surface area contributed by atoms with Gasteiger partial charge in [-0.25, -0.2) is 0 Å². The molecule has 2 heterocycles. The number of likely N-dealkylation sites (N-methyl/N-ethyl adjacent to an activating group) is 1. The number of furan rings is 1. The summed E-state index contributed by atoms with van der Waals surface area (Å²) in [6.45, 7) is 2.04. The van der Waals surface area contributed by atoms with Gasteiger partial charge in [-0.05, 0) is 56.1 Å². The number of esters is 1. The van der Waals surface area contributed by atoms with Gasteiger partial charge in [0.2, 0.25) is 5.78 Å². The zero-order chi connectivity index (χ0) is 24.6. The Morgan fingerprint density at radius 2 is 1.94 bits per heavy atom. The zero-order valence-electron chi connectivity index (χ0n) is 18.9. The fraction of sp³-hybridized carbons (Fsp3) is 0.240. The normalized spacial score (nSPS) is 16.1. The molecule has 8 nitrogen and oxygen atoms in total. The topological polar surface area (TPSA) is 100 Å². The average molecular weight is 483 g/mol. The van der Waals surface area contributed by atoms with Crippen LogP contribution in [0.4, 0.5) is 0 Å². The summed E-state index contributed by atoms with van der Waals surface area (Å²) < 4.78 is 10.9. The predicted molar refractivity (Wildman–Crippen MR) is 126 cm³/mol. The summed E-state index contributed by atoms with van der Waals surface area (Å²) in [5.41, 5.74) is 0.862. The Morgan fingerprint density at radius 3 is 2.65 bits per heavy atom. The third-order valence-electron chi connectivity index (χ3n) is 5.47. The van der Waals surface area contributed by atoms with Gasteiger partial charge in [0.05, 0.1) is 11.6 Å². The number of ketones is 1. The van der Waals surface area contributed by atoms with Crippen LogP contribution in [0.2, 0.25) is 5.02 Å². The lowest BCUT2D eigenvalue weighted by molar-refractivity contribution is -0.132. The maximum atomic E-state index is 13.6. The van der Waals surface area contributed by atoms with E-state index in [0.29, 0.717) is 28.1 Å². The molecule has 2 aromatic carbocycles. The van der Waals surface area contributed by atoms with Crippen molar-refractivity contribution in [1.82, 2.24) is 9.80 Å². The first-order valence-corrected chi connectivity index (χ1v) is 10.9. The van der Waals surface area contributed by atoms with Gasteiger partial charge >= 0.3 is 5.97 Å². The summed E-state index contributed by atoms with van der Waals surface area (Å²) in [6, 6.07) is 12.1. The minimum absolute atomic E-state index is 0.0257. The fourth-order valence-electron chi connectivity index (χ4n) is 3.94. The van der Waals surface area contributed by atoms with Gasteiger partial charge in [-0.15, -0.1) is 0 Å². The highest BCUT2D eigenvalue weighted by Crippen LogP contribution is 2.40. The lowest BCUT2D eigenvalue weighted by atomic mass is 9.95. The van der Waals surface area contributed by atoms with Crippen molar-refractivity contribution in [3.63, 3.8) is 0 Å². The predicted octanol–water partition coefficient (Wildman–Crippen LogP) is 4.15. The zero-order valence-corrected chi connectivity index (χ0v) is 19.6. The monoisotopic (exact) mass is 482 g/mol. The molecule has 0 aliphatic carbocycles. The molecule has 0 radical (unpaired) electrons. The number of halogens is 1. The number of aliphatic hydroxyl groups excluding tert-OH is 1. The van der Waals surface area contributed by atoms with Crippen LogP contribution in [0, 0.1) is 0 Å². The summed E-state index contributed by atoms with van der Waals surface area (Å²) in [7, 11) is 3.71. The highest BCUT2D eigenvalue weighted by molar-refractivity contribution is 6.31. The molecule has 34 heavy (non-hydrogen) atoms. The molecule has 1 aliphatic rings. The Hall–Kier alpha value is -3.62. The number of hydrogen-bond donors (Lipinski definition) is 1. The number of carbonyl (C=O) groups is 3. The van der Waals surface area contributed by atoms with Gasteiger partial charge in [-0.3, -0.25) is 14.4 Å². The van der Waals surface area contributed by atoms with Gasteiger partial charge in [0, 0.05) is 30.4 Å². The maximum absolute atomic E-state index is 13.6. The average Bonchev–Trinajstić information content (AvgIpc) is 3.30. The van der Waals surface area contributed by atoms with E-state index < -0.39 is 29.5 Å². The van der Waals surface area contributed by atoms with E-state index in [0.717, 1.165) is 0 Å². The van der Waals surface area contributed by atoms with Crippen molar-refractivity contribution < 1.29 is 28.6 Å². The number of nitrogens with zero attached hydrogens (tertiary/aromatic N) is 2. The number of ether oxygens (including phenoxy) is 1. The number of aliphatic hydroxyl groups is 1. The van der Waals surface area contributed by atoms with E-state index >= 15 is 0 Å². The molecule has 1 aromatic heterocycles. The second kappa shape index (κ2) is 9.32. The second-order valence-corrected chi connectivity index (χ2v) is 8.69. The lowest BCUT2D eigenvalue weighted by Crippen LogP contribution is -2.36. The van der Waals surface area contributed by atoms with Crippen LogP contribution in [0.25, 0.3) is 11.0 Å². The van der Waals surface area contributed by atoms with E-state index in [1.165, 1.54) is 17.9 Å². The van der Waals surface area contributed by atoms with E-state index in [4.69, 9.17) is 20.8 Å². The van der Waals surface area contributed by atoms with Crippen LogP contribution in [0.15, 0.2) is 64.3 Å². The number of rotatable bonds is 7. The van der Waals surface area contributed by atoms with Crippen molar-refractivity contribution in [2.24, 2.45) is 0 Å². The molecule has 1 aliphatic heterocycles. The van der Waals surface area contributed by atoms with Crippen molar-refractivity contribution in [3.8, 4) is 5.75 Å². The van der Waals surface area contributed by atoms with Crippen LogP contribution in [-0.4, -0.2) is 59.8 Å². The molecule has 0 spiro atoms. The molecule has 3 aromatic rings. The van der Waals surface area contributed by atoms with Gasteiger partial charge in [0.15, 0.2) is 11.5 Å². The first-order chi connectivity index (χ1) is 16.2. The number of amides is 1. The van der Waals surface area contributed by atoms with Crippen LogP contribution < -0.4 is 4.74 Å². The Bertz CT molecular complexity index is 1330.